The predicted molar refractivity (Wildman–Crippen MR) is 92.8 cm³/mol. The van der Waals surface area contributed by atoms with Crippen LogP contribution in [0, 0.1) is 5.92 Å². The molecule has 0 aliphatic rings. The molecule has 2 rings (SSSR count). The van der Waals surface area contributed by atoms with Gasteiger partial charge in [0.25, 0.3) is 0 Å². The van der Waals surface area contributed by atoms with Crippen LogP contribution in [-0.2, 0) is 16.8 Å². The van der Waals surface area contributed by atoms with Gasteiger partial charge in [0, 0.05) is 10.8 Å². The van der Waals surface area contributed by atoms with Crippen molar-refractivity contribution in [3.05, 3.63) is 52.2 Å². The number of methoxy groups -OCH3 is 1. The molecule has 124 valence electrons. The van der Waals surface area contributed by atoms with Crippen LogP contribution >= 0.6 is 11.3 Å². The minimum atomic E-state index is -1.04. The van der Waals surface area contributed by atoms with Gasteiger partial charge in [-0.3, -0.25) is 4.79 Å². The summed E-state index contributed by atoms with van der Waals surface area (Å²) in [5.41, 5.74) is 0.0439. The maximum Gasteiger partial charge on any atom is 0.223 e. The summed E-state index contributed by atoms with van der Waals surface area (Å²) in [5.74, 6) is 0.582. The quantitative estimate of drug-likeness (QED) is 0.819. The lowest BCUT2D eigenvalue weighted by Crippen LogP contribution is -2.40. The van der Waals surface area contributed by atoms with Gasteiger partial charge in [0.05, 0.1) is 13.7 Å². The number of carbonyl (C=O) groups is 1. The number of hydrogen-bond acceptors (Lipinski definition) is 4. The molecule has 5 heteroatoms. The van der Waals surface area contributed by atoms with E-state index in [2.05, 4.69) is 5.32 Å². The van der Waals surface area contributed by atoms with Crippen molar-refractivity contribution in [1.82, 2.24) is 5.32 Å². The molecule has 1 heterocycles. The molecule has 1 aromatic heterocycles. The largest absolute Gasteiger partial charge is 0.497 e. The van der Waals surface area contributed by atoms with Crippen molar-refractivity contribution >= 4 is 17.2 Å². The molecule has 0 bridgehead atoms. The first kappa shape index (κ1) is 17.5. The number of thiophene rings is 1. The first-order chi connectivity index (χ1) is 10.9. The Bertz CT molecular complexity index is 620. The topological polar surface area (TPSA) is 58.6 Å². The molecular formula is C18H23NO3S. The van der Waals surface area contributed by atoms with E-state index in [4.69, 9.17) is 4.74 Å². The minimum Gasteiger partial charge on any atom is -0.497 e. The predicted octanol–water partition coefficient (Wildman–Crippen LogP) is 2.96. The van der Waals surface area contributed by atoms with Crippen molar-refractivity contribution in [2.75, 3.05) is 13.7 Å². The van der Waals surface area contributed by atoms with Gasteiger partial charge in [-0.1, -0.05) is 25.1 Å². The average molecular weight is 333 g/mol. The molecule has 2 N–H and O–H groups in total. The lowest BCUT2D eigenvalue weighted by Gasteiger charge is -2.23. The van der Waals surface area contributed by atoms with Crippen molar-refractivity contribution in [1.29, 1.82) is 0 Å². The smallest absolute Gasteiger partial charge is 0.223 e. The number of aliphatic hydroxyl groups is 1. The number of rotatable bonds is 7. The fraction of sp³-hybridized carbons (Fsp3) is 0.389. The molecule has 4 nitrogen and oxygen atoms in total. The van der Waals surface area contributed by atoms with Crippen molar-refractivity contribution < 1.29 is 14.6 Å². The van der Waals surface area contributed by atoms with Crippen LogP contribution in [0.5, 0.6) is 5.75 Å². The third-order valence-electron chi connectivity index (χ3n) is 3.81. The van der Waals surface area contributed by atoms with E-state index in [1.54, 1.807) is 14.0 Å². The van der Waals surface area contributed by atoms with Crippen molar-refractivity contribution in [2.24, 2.45) is 5.92 Å². The van der Waals surface area contributed by atoms with Crippen molar-refractivity contribution in [3.8, 4) is 5.75 Å². The van der Waals surface area contributed by atoms with Gasteiger partial charge in [-0.15, -0.1) is 11.3 Å². The van der Waals surface area contributed by atoms with Crippen LogP contribution in [0.1, 0.15) is 24.3 Å². The molecule has 1 amide bonds. The van der Waals surface area contributed by atoms with E-state index in [-0.39, 0.29) is 18.4 Å². The highest BCUT2D eigenvalue weighted by Crippen LogP contribution is 2.24. The summed E-state index contributed by atoms with van der Waals surface area (Å²) in [6.07, 6.45) is 0.650. The number of amides is 1. The maximum absolute atomic E-state index is 12.2. The van der Waals surface area contributed by atoms with E-state index in [1.807, 2.05) is 48.7 Å². The molecule has 0 aliphatic carbocycles. The monoisotopic (exact) mass is 333 g/mol. The van der Waals surface area contributed by atoms with E-state index in [0.717, 1.165) is 16.2 Å². The number of benzene rings is 1. The van der Waals surface area contributed by atoms with Gasteiger partial charge in [0.1, 0.15) is 11.4 Å². The Morgan fingerprint density at radius 1 is 1.35 bits per heavy atom. The fourth-order valence-electron chi connectivity index (χ4n) is 2.31. The van der Waals surface area contributed by atoms with Gasteiger partial charge in [0.2, 0.25) is 5.91 Å². The molecule has 0 aliphatic heterocycles. The van der Waals surface area contributed by atoms with Crippen LogP contribution in [0.15, 0.2) is 41.8 Å². The number of hydrogen-bond donors (Lipinski definition) is 2. The van der Waals surface area contributed by atoms with Gasteiger partial charge in [-0.05, 0) is 42.5 Å². The molecule has 0 spiro atoms. The van der Waals surface area contributed by atoms with Crippen LogP contribution in [-0.4, -0.2) is 24.7 Å². The molecule has 0 radical (unpaired) electrons. The van der Waals surface area contributed by atoms with Crippen LogP contribution in [0.25, 0.3) is 0 Å². The molecule has 2 atom stereocenters. The van der Waals surface area contributed by atoms with E-state index >= 15 is 0 Å². The SMILES string of the molecule is COc1ccc(CC(C)C(=O)NCC(C)(O)c2cccs2)cc1. The van der Waals surface area contributed by atoms with Gasteiger partial charge in [-0.25, -0.2) is 0 Å². The zero-order valence-corrected chi connectivity index (χ0v) is 14.5. The summed E-state index contributed by atoms with van der Waals surface area (Å²) in [5, 5.41) is 15.2. The standard InChI is InChI=1S/C18H23NO3S/c1-13(11-14-6-8-15(22-3)9-7-14)17(20)19-12-18(2,21)16-5-4-10-23-16/h4-10,13,21H,11-12H2,1-3H3,(H,19,20). The molecule has 1 aromatic carbocycles. The average Bonchev–Trinajstić information content (AvgIpc) is 3.08. The second kappa shape index (κ2) is 7.62. The summed E-state index contributed by atoms with van der Waals surface area (Å²) < 4.78 is 5.13. The summed E-state index contributed by atoms with van der Waals surface area (Å²) in [7, 11) is 1.63. The summed E-state index contributed by atoms with van der Waals surface area (Å²) in [6.45, 7) is 3.81. The van der Waals surface area contributed by atoms with Crippen molar-refractivity contribution in [3.63, 3.8) is 0 Å². The van der Waals surface area contributed by atoms with Gasteiger partial charge >= 0.3 is 0 Å². The van der Waals surface area contributed by atoms with Crippen LogP contribution < -0.4 is 10.1 Å². The third-order valence-corrected chi connectivity index (χ3v) is 4.93. The van der Waals surface area contributed by atoms with Crippen LogP contribution in [0.3, 0.4) is 0 Å². The van der Waals surface area contributed by atoms with Crippen LogP contribution in [0.4, 0.5) is 0 Å². The van der Waals surface area contributed by atoms with Crippen LogP contribution in [0.2, 0.25) is 0 Å². The van der Waals surface area contributed by atoms with Crippen molar-refractivity contribution in [2.45, 2.75) is 25.9 Å². The Balaban J connectivity index is 1.87. The van der Waals surface area contributed by atoms with Gasteiger partial charge in [0.15, 0.2) is 0 Å². The lowest BCUT2D eigenvalue weighted by molar-refractivity contribution is -0.125. The highest BCUT2D eigenvalue weighted by molar-refractivity contribution is 7.10. The zero-order valence-electron chi connectivity index (χ0n) is 13.7. The van der Waals surface area contributed by atoms with Gasteiger partial charge < -0.3 is 15.2 Å². The molecule has 23 heavy (non-hydrogen) atoms. The van der Waals surface area contributed by atoms with E-state index in [9.17, 15) is 9.90 Å². The van der Waals surface area contributed by atoms with Gasteiger partial charge in [-0.2, -0.15) is 0 Å². The normalized spacial score (nSPS) is 14.8. The first-order valence-corrected chi connectivity index (χ1v) is 8.47. The second-order valence-electron chi connectivity index (χ2n) is 5.92. The molecule has 0 saturated heterocycles. The molecule has 2 unspecified atom stereocenters. The summed E-state index contributed by atoms with van der Waals surface area (Å²) in [4.78, 5) is 13.1. The Kier molecular flexibility index (Phi) is 5.80. The second-order valence-corrected chi connectivity index (χ2v) is 6.87. The Morgan fingerprint density at radius 2 is 2.04 bits per heavy atom. The zero-order chi connectivity index (χ0) is 16.9. The van der Waals surface area contributed by atoms with E-state index in [1.165, 1.54) is 11.3 Å². The molecule has 0 fully saturated rings. The number of carbonyl (C=O) groups excluding carboxylic acids is 1. The molecular weight excluding hydrogens is 310 g/mol. The highest BCUT2D eigenvalue weighted by Gasteiger charge is 2.25. The molecule has 0 saturated carbocycles. The fourth-order valence-corrected chi connectivity index (χ4v) is 3.10. The molecule has 2 aromatic rings. The Labute approximate surface area is 141 Å². The summed E-state index contributed by atoms with van der Waals surface area (Å²) >= 11 is 1.48. The first-order valence-electron chi connectivity index (χ1n) is 7.59. The highest BCUT2D eigenvalue weighted by atomic mass is 32.1. The van der Waals surface area contributed by atoms with E-state index in [0.29, 0.717) is 6.42 Å². The maximum atomic E-state index is 12.2. The number of ether oxygens (including phenoxy) is 1. The summed E-state index contributed by atoms with van der Waals surface area (Å²) in [6, 6.07) is 11.5. The Hall–Kier alpha value is -1.85. The third kappa shape index (κ3) is 4.81. The number of nitrogens with one attached hydrogen (secondary N) is 1. The lowest BCUT2D eigenvalue weighted by atomic mass is 9.99. The van der Waals surface area contributed by atoms with E-state index < -0.39 is 5.60 Å². The Morgan fingerprint density at radius 3 is 2.61 bits per heavy atom. The minimum absolute atomic E-state index is 0.0577.